The van der Waals surface area contributed by atoms with Crippen molar-refractivity contribution in [2.45, 2.75) is 43.2 Å². The van der Waals surface area contributed by atoms with Gasteiger partial charge in [-0.05, 0) is 42.7 Å². The van der Waals surface area contributed by atoms with E-state index in [0.717, 1.165) is 18.9 Å². The van der Waals surface area contributed by atoms with E-state index >= 15 is 0 Å². The van der Waals surface area contributed by atoms with Crippen LogP contribution in [0.15, 0.2) is 35.2 Å². The summed E-state index contributed by atoms with van der Waals surface area (Å²) in [5.74, 6) is -3.87. The molecule has 0 spiro atoms. The number of halogens is 3. The van der Waals surface area contributed by atoms with Crippen molar-refractivity contribution in [3.8, 4) is 11.5 Å². The van der Waals surface area contributed by atoms with Gasteiger partial charge < -0.3 is 9.47 Å². The van der Waals surface area contributed by atoms with E-state index in [2.05, 4.69) is 0 Å². The molecule has 150 valence electrons. The van der Waals surface area contributed by atoms with E-state index in [0.29, 0.717) is 36.0 Å². The van der Waals surface area contributed by atoms with Gasteiger partial charge in [0.2, 0.25) is 16.8 Å². The van der Waals surface area contributed by atoms with Crippen LogP contribution >= 0.6 is 0 Å². The van der Waals surface area contributed by atoms with Crippen LogP contribution in [0, 0.1) is 17.5 Å². The van der Waals surface area contributed by atoms with Crippen LogP contribution in [0.4, 0.5) is 13.2 Å². The molecule has 0 bridgehead atoms. The van der Waals surface area contributed by atoms with E-state index in [4.69, 9.17) is 9.47 Å². The number of sulfonamides is 1. The molecule has 28 heavy (non-hydrogen) atoms. The molecule has 0 amide bonds. The van der Waals surface area contributed by atoms with Crippen LogP contribution in [0.3, 0.4) is 0 Å². The second-order valence-corrected chi connectivity index (χ2v) is 8.71. The topological polar surface area (TPSA) is 55.8 Å². The fourth-order valence-electron chi connectivity index (χ4n) is 3.66. The van der Waals surface area contributed by atoms with Crippen molar-refractivity contribution in [2.24, 2.45) is 0 Å². The first-order valence-corrected chi connectivity index (χ1v) is 10.4. The normalized spacial score (nSPS) is 16.9. The van der Waals surface area contributed by atoms with Crippen LogP contribution in [0.2, 0.25) is 0 Å². The third-order valence-corrected chi connectivity index (χ3v) is 7.01. The lowest BCUT2D eigenvalue weighted by Crippen LogP contribution is -2.38. The Bertz CT molecular complexity index is 1010. The van der Waals surface area contributed by atoms with Crippen molar-refractivity contribution in [3.05, 3.63) is 53.3 Å². The van der Waals surface area contributed by atoms with Gasteiger partial charge in [-0.15, -0.1) is 0 Å². The maximum atomic E-state index is 14.3. The summed E-state index contributed by atoms with van der Waals surface area (Å²) in [6.45, 7) is 0.0472. The maximum absolute atomic E-state index is 14.3. The molecular weight excluding hydrogens is 395 g/mol. The third-order valence-electron chi connectivity index (χ3n) is 5.09. The molecule has 0 N–H and O–H groups in total. The molecule has 0 atom stereocenters. The molecule has 0 radical (unpaired) electrons. The molecule has 1 aliphatic carbocycles. The smallest absolute Gasteiger partial charge is 0.246 e. The first kappa shape index (κ1) is 19.1. The van der Waals surface area contributed by atoms with Crippen molar-refractivity contribution in [3.63, 3.8) is 0 Å². The zero-order valence-corrected chi connectivity index (χ0v) is 15.6. The molecule has 0 unspecified atom stereocenters. The Labute approximate surface area is 160 Å². The predicted octanol–water partition coefficient (Wildman–Crippen LogP) is 3.97. The van der Waals surface area contributed by atoms with Gasteiger partial charge in [-0.1, -0.05) is 18.9 Å². The lowest BCUT2D eigenvalue weighted by atomic mass is 10.1. The summed E-state index contributed by atoms with van der Waals surface area (Å²) in [6, 6.07) is 6.09. The van der Waals surface area contributed by atoms with Crippen LogP contribution in [-0.4, -0.2) is 25.6 Å². The van der Waals surface area contributed by atoms with Gasteiger partial charge in [-0.2, -0.15) is 4.31 Å². The van der Waals surface area contributed by atoms with Crippen LogP contribution in [-0.2, 0) is 16.6 Å². The zero-order chi connectivity index (χ0) is 19.9. The minimum Gasteiger partial charge on any atom is -0.454 e. The summed E-state index contributed by atoms with van der Waals surface area (Å²) < 4.78 is 79.3. The first-order chi connectivity index (χ1) is 13.4. The number of hydrogen-bond donors (Lipinski definition) is 0. The summed E-state index contributed by atoms with van der Waals surface area (Å²) >= 11 is 0. The van der Waals surface area contributed by atoms with Crippen molar-refractivity contribution in [1.82, 2.24) is 4.31 Å². The molecule has 4 rings (SSSR count). The molecule has 1 saturated carbocycles. The quantitative estimate of drug-likeness (QED) is 0.697. The fraction of sp³-hybridized carbons (Fsp3) is 0.368. The lowest BCUT2D eigenvalue weighted by molar-refractivity contribution is 0.174. The van der Waals surface area contributed by atoms with E-state index in [1.807, 2.05) is 0 Å². The van der Waals surface area contributed by atoms with Crippen molar-refractivity contribution in [1.29, 1.82) is 0 Å². The molecule has 2 aromatic carbocycles. The summed E-state index contributed by atoms with van der Waals surface area (Å²) in [6.07, 6.45) is 2.93. The molecule has 2 aromatic rings. The molecule has 5 nitrogen and oxygen atoms in total. The summed E-state index contributed by atoms with van der Waals surface area (Å²) in [5.41, 5.74) is 0.628. The van der Waals surface area contributed by atoms with Gasteiger partial charge in [0.1, 0.15) is 4.90 Å². The van der Waals surface area contributed by atoms with Crippen LogP contribution in [0.5, 0.6) is 11.5 Å². The number of rotatable bonds is 5. The van der Waals surface area contributed by atoms with Gasteiger partial charge in [0.25, 0.3) is 0 Å². The standard InChI is InChI=1S/C19H18F3NO4S/c20-14-6-8-17(19(22)18(14)21)28(24,25)23(13-3-1-2-4-13)10-12-5-7-15-16(9-12)27-11-26-15/h5-9,13H,1-4,10-11H2. The Morgan fingerprint density at radius 1 is 0.964 bits per heavy atom. The molecule has 9 heteroatoms. The van der Waals surface area contributed by atoms with Gasteiger partial charge in [-0.25, -0.2) is 21.6 Å². The Balaban J connectivity index is 1.73. The van der Waals surface area contributed by atoms with E-state index in [9.17, 15) is 21.6 Å². The molecule has 2 aliphatic rings. The highest BCUT2D eigenvalue weighted by atomic mass is 32.2. The molecular formula is C19H18F3NO4S. The summed E-state index contributed by atoms with van der Waals surface area (Å²) in [4.78, 5) is -0.862. The van der Waals surface area contributed by atoms with Crippen molar-refractivity contribution >= 4 is 10.0 Å². The number of ether oxygens (including phenoxy) is 2. The molecule has 0 saturated heterocycles. The maximum Gasteiger partial charge on any atom is 0.246 e. The Morgan fingerprint density at radius 2 is 1.68 bits per heavy atom. The Hall–Kier alpha value is -2.26. The third kappa shape index (κ3) is 3.33. The molecule has 0 aromatic heterocycles. The highest BCUT2D eigenvalue weighted by Gasteiger charge is 2.36. The van der Waals surface area contributed by atoms with Crippen LogP contribution in [0.1, 0.15) is 31.2 Å². The molecule has 1 aliphatic heterocycles. The van der Waals surface area contributed by atoms with Crippen LogP contribution < -0.4 is 9.47 Å². The predicted molar refractivity (Wildman–Crippen MR) is 93.9 cm³/mol. The minimum atomic E-state index is -4.39. The van der Waals surface area contributed by atoms with E-state index in [1.165, 1.54) is 4.31 Å². The van der Waals surface area contributed by atoms with E-state index in [1.54, 1.807) is 18.2 Å². The zero-order valence-electron chi connectivity index (χ0n) is 14.8. The second-order valence-electron chi connectivity index (χ2n) is 6.85. The first-order valence-electron chi connectivity index (χ1n) is 8.92. The van der Waals surface area contributed by atoms with Crippen molar-refractivity contribution in [2.75, 3.05) is 6.79 Å². The average molecular weight is 413 g/mol. The number of nitrogens with zero attached hydrogens (tertiary/aromatic N) is 1. The highest BCUT2D eigenvalue weighted by molar-refractivity contribution is 7.89. The van der Waals surface area contributed by atoms with E-state index in [-0.39, 0.29) is 19.4 Å². The monoisotopic (exact) mass is 413 g/mol. The molecule has 1 fully saturated rings. The van der Waals surface area contributed by atoms with Gasteiger partial charge in [0, 0.05) is 12.6 Å². The number of hydrogen-bond acceptors (Lipinski definition) is 4. The summed E-state index contributed by atoms with van der Waals surface area (Å²) in [7, 11) is -4.39. The van der Waals surface area contributed by atoms with Gasteiger partial charge in [0.05, 0.1) is 0 Å². The molecule has 1 heterocycles. The lowest BCUT2D eigenvalue weighted by Gasteiger charge is -2.28. The van der Waals surface area contributed by atoms with Gasteiger partial charge in [-0.3, -0.25) is 0 Å². The SMILES string of the molecule is O=S(=O)(c1ccc(F)c(F)c1F)N(Cc1ccc2c(c1)OCO2)C1CCCC1. The summed E-state index contributed by atoms with van der Waals surface area (Å²) in [5, 5.41) is 0. The largest absolute Gasteiger partial charge is 0.454 e. The second kappa shape index (κ2) is 7.29. The van der Waals surface area contributed by atoms with Gasteiger partial charge >= 0.3 is 0 Å². The number of benzene rings is 2. The average Bonchev–Trinajstić information content (AvgIpc) is 3.35. The highest BCUT2D eigenvalue weighted by Crippen LogP contribution is 2.36. The van der Waals surface area contributed by atoms with E-state index < -0.39 is 32.4 Å². The Kier molecular flexibility index (Phi) is 4.96. The number of fused-ring (bicyclic) bond motifs is 1. The fourth-order valence-corrected chi connectivity index (χ4v) is 5.39. The van der Waals surface area contributed by atoms with Crippen LogP contribution in [0.25, 0.3) is 0 Å². The Morgan fingerprint density at radius 3 is 2.43 bits per heavy atom. The van der Waals surface area contributed by atoms with Gasteiger partial charge in [0.15, 0.2) is 29.0 Å². The minimum absolute atomic E-state index is 0.0396. The van der Waals surface area contributed by atoms with Crippen molar-refractivity contribution < 1.29 is 31.1 Å².